The molecule has 0 aliphatic carbocycles. The van der Waals surface area contributed by atoms with E-state index in [1.165, 1.54) is 0 Å². The zero-order valence-electron chi connectivity index (χ0n) is 8.00. The predicted octanol–water partition coefficient (Wildman–Crippen LogP) is 3.14. The summed E-state index contributed by atoms with van der Waals surface area (Å²) in [7, 11) is 0. The monoisotopic (exact) mass is 290 g/mol. The summed E-state index contributed by atoms with van der Waals surface area (Å²) in [5.74, 6) is -16.4. The molecule has 18 heavy (non-hydrogen) atoms. The van der Waals surface area contributed by atoms with Crippen molar-refractivity contribution in [3.8, 4) is 0 Å². The Bertz CT molecular complexity index is 343. The molecule has 0 spiro atoms. The smallest absolute Gasteiger partial charge is 0.393 e. The fourth-order valence-electron chi connectivity index (χ4n) is 0.593. The number of carbonyl (C=O) groups excluding carboxylic acids is 1. The third-order valence-electron chi connectivity index (χ3n) is 1.51. The second-order valence-electron chi connectivity index (χ2n) is 2.79. The molecule has 0 unspecified atom stereocenters. The van der Waals surface area contributed by atoms with Gasteiger partial charge in [0.2, 0.25) is 0 Å². The van der Waals surface area contributed by atoms with Gasteiger partial charge < -0.3 is 4.74 Å². The van der Waals surface area contributed by atoms with Crippen LogP contribution in [0.15, 0.2) is 12.7 Å². The Balaban J connectivity index is 5.49. The first-order chi connectivity index (χ1) is 7.70. The molecule has 0 radical (unpaired) electrons. The third-order valence-corrected chi connectivity index (χ3v) is 1.51. The molecule has 0 aliphatic heterocycles. The molecule has 0 atom stereocenters. The van der Waals surface area contributed by atoms with Crippen molar-refractivity contribution >= 4 is 5.97 Å². The van der Waals surface area contributed by atoms with Crippen molar-refractivity contribution in [2.45, 2.75) is 24.1 Å². The van der Waals surface area contributed by atoms with E-state index < -0.39 is 30.1 Å². The van der Waals surface area contributed by atoms with E-state index in [0.29, 0.717) is 0 Å². The average Bonchev–Trinajstić information content (AvgIpc) is 2.14. The average molecular weight is 290 g/mol. The molecular formula is C7H3F9O2. The Morgan fingerprint density at radius 3 is 1.56 bits per heavy atom. The summed E-state index contributed by atoms with van der Waals surface area (Å²) < 4.78 is 111. The van der Waals surface area contributed by atoms with Crippen molar-refractivity contribution in [2.75, 3.05) is 0 Å². The number of carbonyl (C=O) groups is 1. The van der Waals surface area contributed by atoms with E-state index in [9.17, 15) is 44.3 Å². The van der Waals surface area contributed by atoms with Crippen molar-refractivity contribution < 1.29 is 49.0 Å². The van der Waals surface area contributed by atoms with Crippen LogP contribution in [-0.4, -0.2) is 30.1 Å². The number of esters is 1. The summed E-state index contributed by atoms with van der Waals surface area (Å²) in [5.41, 5.74) is 0. The van der Waals surface area contributed by atoms with Crippen LogP contribution >= 0.6 is 0 Å². The van der Waals surface area contributed by atoms with Crippen LogP contribution < -0.4 is 0 Å². The van der Waals surface area contributed by atoms with Gasteiger partial charge in [-0.2, -0.15) is 39.5 Å². The molecule has 106 valence electrons. The first kappa shape index (κ1) is 16.6. The number of hydrogen-bond donors (Lipinski definition) is 0. The van der Waals surface area contributed by atoms with E-state index in [0.717, 1.165) is 0 Å². The normalized spacial score (nSPS) is 14.3. The van der Waals surface area contributed by atoms with Gasteiger partial charge in [-0.3, -0.25) is 0 Å². The first-order valence-electron chi connectivity index (χ1n) is 3.76. The summed E-state index contributed by atoms with van der Waals surface area (Å²) in [6, 6.07) is 0. The highest BCUT2D eigenvalue weighted by Crippen LogP contribution is 2.53. The Morgan fingerprint density at radius 2 is 1.28 bits per heavy atom. The molecule has 0 aliphatic rings. The molecule has 0 N–H and O–H groups in total. The standard InChI is InChI=1S/C7H3F9O2/c1-2-3(17)18-7(15,16)5(10,11)4(8,9)6(12,13)14/h2H,1H2. The van der Waals surface area contributed by atoms with Gasteiger partial charge in [-0.05, 0) is 0 Å². The van der Waals surface area contributed by atoms with Crippen LogP contribution in [0.4, 0.5) is 39.5 Å². The molecule has 0 saturated carbocycles. The van der Waals surface area contributed by atoms with E-state index in [2.05, 4.69) is 11.3 Å². The van der Waals surface area contributed by atoms with Gasteiger partial charge in [0.05, 0.1) is 0 Å². The van der Waals surface area contributed by atoms with Gasteiger partial charge in [0, 0.05) is 6.08 Å². The summed E-state index contributed by atoms with van der Waals surface area (Å²) in [6.45, 7) is 2.48. The number of hydrogen-bond acceptors (Lipinski definition) is 2. The predicted molar refractivity (Wildman–Crippen MR) is 37.2 cm³/mol. The molecule has 0 aromatic carbocycles. The summed E-state index contributed by atoms with van der Waals surface area (Å²) in [6.07, 6.45) is -13.4. The topological polar surface area (TPSA) is 26.3 Å². The molecule has 11 heteroatoms. The Labute approximate surface area is 93.0 Å². The molecule has 0 bridgehead atoms. The molecular weight excluding hydrogens is 287 g/mol. The SMILES string of the molecule is C=CC(=O)OC(F)(F)C(F)(F)C(F)(F)C(F)(F)F. The van der Waals surface area contributed by atoms with Crippen LogP contribution in [0.5, 0.6) is 0 Å². The molecule has 0 fully saturated rings. The quantitative estimate of drug-likeness (QED) is 0.451. The largest absolute Gasteiger partial charge is 0.473 e. The van der Waals surface area contributed by atoms with Gasteiger partial charge in [-0.25, -0.2) is 4.79 Å². The lowest BCUT2D eigenvalue weighted by Gasteiger charge is -2.32. The molecule has 0 rings (SSSR count). The van der Waals surface area contributed by atoms with Crippen LogP contribution in [0.1, 0.15) is 0 Å². The number of rotatable bonds is 4. The molecule has 0 aromatic heterocycles. The minimum atomic E-state index is -7.09. The van der Waals surface area contributed by atoms with Gasteiger partial charge in [-0.1, -0.05) is 6.58 Å². The van der Waals surface area contributed by atoms with E-state index in [-0.39, 0.29) is 6.08 Å². The lowest BCUT2D eigenvalue weighted by atomic mass is 10.1. The minimum absolute atomic E-state index is 0.115. The molecule has 0 amide bonds. The molecule has 0 aromatic rings. The number of alkyl halides is 9. The maximum Gasteiger partial charge on any atom is 0.473 e. The minimum Gasteiger partial charge on any atom is -0.393 e. The van der Waals surface area contributed by atoms with Crippen molar-refractivity contribution in [3.05, 3.63) is 12.7 Å². The Hall–Kier alpha value is -1.42. The number of halogens is 9. The third kappa shape index (κ3) is 2.53. The van der Waals surface area contributed by atoms with Crippen molar-refractivity contribution in [3.63, 3.8) is 0 Å². The first-order valence-corrected chi connectivity index (χ1v) is 3.76. The van der Waals surface area contributed by atoms with E-state index in [1.54, 1.807) is 0 Å². The van der Waals surface area contributed by atoms with Gasteiger partial charge >= 0.3 is 30.1 Å². The van der Waals surface area contributed by atoms with Gasteiger partial charge in [0.15, 0.2) is 0 Å². The highest BCUT2D eigenvalue weighted by Gasteiger charge is 2.83. The second-order valence-corrected chi connectivity index (χ2v) is 2.79. The van der Waals surface area contributed by atoms with Crippen LogP contribution in [0, 0.1) is 0 Å². The molecule has 0 heterocycles. The fraction of sp³-hybridized carbons (Fsp3) is 0.571. The van der Waals surface area contributed by atoms with E-state index in [4.69, 9.17) is 0 Å². The Morgan fingerprint density at radius 1 is 0.889 bits per heavy atom. The summed E-state index contributed by atoms with van der Waals surface area (Å²) >= 11 is 0. The van der Waals surface area contributed by atoms with E-state index >= 15 is 0 Å². The van der Waals surface area contributed by atoms with Crippen molar-refractivity contribution in [2.24, 2.45) is 0 Å². The van der Waals surface area contributed by atoms with Gasteiger partial charge in [-0.15, -0.1) is 0 Å². The van der Waals surface area contributed by atoms with Crippen LogP contribution in [0.2, 0.25) is 0 Å². The zero-order chi connectivity index (χ0) is 15.0. The van der Waals surface area contributed by atoms with Crippen molar-refractivity contribution in [1.29, 1.82) is 0 Å². The number of ether oxygens (including phenoxy) is 1. The van der Waals surface area contributed by atoms with Crippen LogP contribution in [0.3, 0.4) is 0 Å². The maximum atomic E-state index is 12.4. The lowest BCUT2D eigenvalue weighted by molar-refractivity contribution is -0.434. The summed E-state index contributed by atoms with van der Waals surface area (Å²) in [4.78, 5) is 10.2. The second kappa shape index (κ2) is 4.35. The molecule has 0 saturated heterocycles. The highest BCUT2D eigenvalue weighted by atomic mass is 19.4. The molecule has 2 nitrogen and oxygen atoms in total. The van der Waals surface area contributed by atoms with Crippen LogP contribution in [0.25, 0.3) is 0 Å². The highest BCUT2D eigenvalue weighted by molar-refractivity contribution is 5.81. The van der Waals surface area contributed by atoms with Gasteiger partial charge in [0.25, 0.3) is 0 Å². The lowest BCUT2D eigenvalue weighted by Crippen LogP contribution is -2.62. The fourth-order valence-corrected chi connectivity index (χ4v) is 0.593. The maximum absolute atomic E-state index is 12.4. The zero-order valence-corrected chi connectivity index (χ0v) is 8.00. The Kier molecular flexibility index (Phi) is 4.01. The summed E-state index contributed by atoms with van der Waals surface area (Å²) in [5, 5.41) is 0. The van der Waals surface area contributed by atoms with Crippen LogP contribution in [-0.2, 0) is 9.53 Å². The van der Waals surface area contributed by atoms with Crippen molar-refractivity contribution in [1.82, 2.24) is 0 Å². The van der Waals surface area contributed by atoms with Gasteiger partial charge in [0.1, 0.15) is 0 Å². The van der Waals surface area contributed by atoms with E-state index in [1.807, 2.05) is 0 Å².